The molecule has 11 nitrogen and oxygen atoms in total. The maximum absolute atomic E-state index is 13.5. The standard InChI is InChI=1S/C23H24N6O5/c1-2-3-11-27-19-20(25-22(27)26-12-9-24-10-13-26)28(15-18(31)32)23(34)29(21(19)33)14-17(30)16-7-5-4-6-8-16/h4-8,24H,9-15H2,1H3,(H,31,32). The molecule has 176 valence electrons. The number of carboxylic acid groups (broad SMARTS) is 1. The van der Waals surface area contributed by atoms with E-state index in [1.54, 1.807) is 41.8 Å². The lowest BCUT2D eigenvalue weighted by atomic mass is 10.1. The first-order valence-electron chi connectivity index (χ1n) is 10.8. The Kier molecular flexibility index (Phi) is 6.60. The van der Waals surface area contributed by atoms with Crippen LogP contribution in [0.2, 0.25) is 0 Å². The van der Waals surface area contributed by atoms with Crippen LogP contribution in [-0.2, 0) is 24.4 Å². The van der Waals surface area contributed by atoms with Crippen molar-refractivity contribution in [3.8, 4) is 11.8 Å². The fraction of sp³-hybridized carbons (Fsp3) is 0.348. The summed E-state index contributed by atoms with van der Waals surface area (Å²) in [5.41, 5.74) is -1.27. The van der Waals surface area contributed by atoms with Crippen LogP contribution in [0.1, 0.15) is 17.3 Å². The largest absolute Gasteiger partial charge is 0.480 e. The van der Waals surface area contributed by atoms with Crippen LogP contribution in [0.25, 0.3) is 11.2 Å². The van der Waals surface area contributed by atoms with Crippen molar-refractivity contribution in [2.45, 2.75) is 26.6 Å². The number of aliphatic carboxylic acids is 1. The smallest absolute Gasteiger partial charge is 0.333 e. The normalized spacial score (nSPS) is 13.5. The Balaban J connectivity index is 1.96. The molecule has 3 heterocycles. The zero-order valence-corrected chi connectivity index (χ0v) is 18.7. The van der Waals surface area contributed by atoms with Crippen molar-refractivity contribution in [2.24, 2.45) is 0 Å². The Hall–Kier alpha value is -4.17. The van der Waals surface area contributed by atoms with Crippen molar-refractivity contribution in [3.05, 3.63) is 56.7 Å². The number of anilines is 1. The lowest BCUT2D eigenvalue weighted by Gasteiger charge is -2.28. The second kappa shape index (κ2) is 9.76. The van der Waals surface area contributed by atoms with Gasteiger partial charge in [-0.2, -0.15) is 4.98 Å². The van der Waals surface area contributed by atoms with Crippen LogP contribution in [0.4, 0.5) is 5.95 Å². The molecule has 2 N–H and O–H groups in total. The van der Waals surface area contributed by atoms with Gasteiger partial charge >= 0.3 is 11.7 Å². The number of aromatic nitrogens is 4. The number of Topliss-reactive ketones (excluding diaryl/α,β-unsaturated/α-hetero) is 1. The second-order valence-corrected chi connectivity index (χ2v) is 7.78. The summed E-state index contributed by atoms with van der Waals surface area (Å²) in [5, 5.41) is 12.7. The van der Waals surface area contributed by atoms with Gasteiger partial charge in [-0.15, -0.1) is 5.92 Å². The highest BCUT2D eigenvalue weighted by Crippen LogP contribution is 2.20. The Labute approximate surface area is 194 Å². The number of ketones is 1. The first-order valence-corrected chi connectivity index (χ1v) is 10.8. The number of fused-ring (bicyclic) bond motifs is 1. The quantitative estimate of drug-likeness (QED) is 0.362. The number of nitrogens with zero attached hydrogens (tertiary/aromatic N) is 5. The van der Waals surface area contributed by atoms with Gasteiger partial charge in [-0.05, 0) is 6.92 Å². The summed E-state index contributed by atoms with van der Waals surface area (Å²) >= 11 is 0. The minimum absolute atomic E-state index is 0.0350. The summed E-state index contributed by atoms with van der Waals surface area (Å²) in [6.07, 6.45) is 0. The molecule has 0 radical (unpaired) electrons. The van der Waals surface area contributed by atoms with Crippen molar-refractivity contribution in [1.82, 2.24) is 24.0 Å². The number of hydrogen-bond donors (Lipinski definition) is 2. The first kappa shape index (κ1) is 23.0. The highest BCUT2D eigenvalue weighted by atomic mass is 16.4. The van der Waals surface area contributed by atoms with E-state index >= 15 is 0 Å². The van der Waals surface area contributed by atoms with Gasteiger partial charge in [-0.25, -0.2) is 4.79 Å². The van der Waals surface area contributed by atoms with Crippen LogP contribution >= 0.6 is 0 Å². The SMILES string of the molecule is CC#CCn1c(N2CCNCC2)nc2c1c(=O)n(CC(=O)c1ccccc1)c(=O)n2CC(=O)O. The van der Waals surface area contributed by atoms with Crippen molar-refractivity contribution in [1.29, 1.82) is 0 Å². The molecule has 1 aliphatic rings. The van der Waals surface area contributed by atoms with E-state index in [0.717, 1.165) is 9.13 Å². The van der Waals surface area contributed by atoms with Gasteiger partial charge in [0, 0.05) is 31.7 Å². The van der Waals surface area contributed by atoms with Crippen molar-refractivity contribution < 1.29 is 14.7 Å². The Morgan fingerprint density at radius 3 is 2.41 bits per heavy atom. The summed E-state index contributed by atoms with van der Waals surface area (Å²) in [5.74, 6) is 4.44. The summed E-state index contributed by atoms with van der Waals surface area (Å²) in [6.45, 7) is 3.22. The van der Waals surface area contributed by atoms with Crippen molar-refractivity contribution in [2.75, 3.05) is 31.1 Å². The zero-order valence-electron chi connectivity index (χ0n) is 18.7. The monoisotopic (exact) mass is 464 g/mol. The minimum Gasteiger partial charge on any atom is -0.480 e. The van der Waals surface area contributed by atoms with E-state index in [9.17, 15) is 24.3 Å². The predicted molar refractivity (Wildman–Crippen MR) is 125 cm³/mol. The lowest BCUT2D eigenvalue weighted by molar-refractivity contribution is -0.137. The average molecular weight is 464 g/mol. The maximum Gasteiger partial charge on any atom is 0.333 e. The summed E-state index contributed by atoms with van der Waals surface area (Å²) < 4.78 is 3.30. The molecule has 0 aliphatic carbocycles. The molecule has 0 spiro atoms. The molecule has 1 aliphatic heterocycles. The van der Waals surface area contributed by atoms with Crippen LogP contribution in [-0.4, -0.2) is 61.7 Å². The number of hydrogen-bond acceptors (Lipinski definition) is 7. The van der Waals surface area contributed by atoms with Crippen molar-refractivity contribution in [3.63, 3.8) is 0 Å². The molecule has 34 heavy (non-hydrogen) atoms. The van der Waals surface area contributed by atoms with Gasteiger partial charge in [-0.3, -0.25) is 28.1 Å². The summed E-state index contributed by atoms with van der Waals surface area (Å²) in [7, 11) is 0. The molecule has 1 saturated heterocycles. The molecule has 2 aromatic heterocycles. The highest BCUT2D eigenvalue weighted by Gasteiger charge is 2.26. The average Bonchev–Trinajstić information content (AvgIpc) is 3.23. The van der Waals surface area contributed by atoms with Gasteiger partial charge in [0.15, 0.2) is 16.9 Å². The fourth-order valence-corrected chi connectivity index (χ4v) is 3.97. The topological polar surface area (TPSA) is 131 Å². The molecular weight excluding hydrogens is 440 g/mol. The first-order chi connectivity index (χ1) is 16.4. The number of carbonyl (C=O) groups excluding carboxylic acids is 1. The van der Waals surface area contributed by atoms with Crippen LogP contribution < -0.4 is 21.5 Å². The van der Waals surface area contributed by atoms with E-state index in [0.29, 0.717) is 37.7 Å². The third-order valence-electron chi connectivity index (χ3n) is 5.60. The van der Waals surface area contributed by atoms with E-state index in [1.165, 1.54) is 0 Å². The predicted octanol–water partition coefficient (Wildman–Crippen LogP) is -0.240. The van der Waals surface area contributed by atoms with Crippen LogP contribution in [0.3, 0.4) is 0 Å². The molecule has 0 unspecified atom stereocenters. The molecule has 1 aromatic carbocycles. The third-order valence-corrected chi connectivity index (χ3v) is 5.60. The summed E-state index contributed by atoms with van der Waals surface area (Å²) in [6, 6.07) is 8.29. The van der Waals surface area contributed by atoms with E-state index in [2.05, 4.69) is 22.1 Å². The minimum atomic E-state index is -1.27. The van der Waals surface area contributed by atoms with Gasteiger partial charge in [0.2, 0.25) is 5.95 Å². The van der Waals surface area contributed by atoms with E-state index in [-0.39, 0.29) is 17.7 Å². The highest BCUT2D eigenvalue weighted by molar-refractivity contribution is 5.96. The summed E-state index contributed by atoms with van der Waals surface area (Å²) in [4.78, 5) is 57.7. The zero-order chi connectivity index (χ0) is 24.2. The lowest BCUT2D eigenvalue weighted by Crippen LogP contribution is -2.44. The molecule has 0 amide bonds. The molecule has 0 atom stereocenters. The van der Waals surface area contributed by atoms with Crippen LogP contribution in [0, 0.1) is 11.8 Å². The third kappa shape index (κ3) is 4.35. The molecular formula is C23H24N6O5. The number of piperazine rings is 1. The fourth-order valence-electron chi connectivity index (χ4n) is 3.97. The molecule has 4 rings (SSSR count). The van der Waals surface area contributed by atoms with Gasteiger partial charge in [0.1, 0.15) is 6.54 Å². The van der Waals surface area contributed by atoms with Crippen LogP contribution in [0.15, 0.2) is 39.9 Å². The van der Waals surface area contributed by atoms with Crippen LogP contribution in [0.5, 0.6) is 0 Å². The van der Waals surface area contributed by atoms with Crippen molar-refractivity contribution >= 4 is 28.9 Å². The molecule has 0 saturated carbocycles. The molecule has 0 bridgehead atoms. The van der Waals surface area contributed by atoms with Gasteiger partial charge in [0.25, 0.3) is 5.56 Å². The maximum atomic E-state index is 13.5. The van der Waals surface area contributed by atoms with Gasteiger partial charge in [-0.1, -0.05) is 36.3 Å². The molecule has 11 heteroatoms. The Morgan fingerprint density at radius 2 is 1.76 bits per heavy atom. The number of rotatable bonds is 7. The number of carbonyl (C=O) groups is 2. The van der Waals surface area contributed by atoms with E-state index in [1.807, 2.05) is 4.90 Å². The van der Waals surface area contributed by atoms with E-state index < -0.39 is 36.1 Å². The second-order valence-electron chi connectivity index (χ2n) is 7.78. The number of benzene rings is 1. The van der Waals surface area contributed by atoms with E-state index in [4.69, 9.17) is 0 Å². The molecule has 1 fully saturated rings. The Bertz CT molecular complexity index is 1420. The van der Waals surface area contributed by atoms with Gasteiger partial charge < -0.3 is 15.3 Å². The number of nitrogens with one attached hydrogen (secondary N) is 1. The number of carboxylic acids is 1. The Morgan fingerprint density at radius 1 is 1.06 bits per heavy atom. The number of imidazole rings is 1. The molecule has 3 aromatic rings. The van der Waals surface area contributed by atoms with Gasteiger partial charge in [0.05, 0.1) is 13.1 Å².